The monoisotopic (exact) mass is 383 g/mol. The molecular weight excluding hydrogens is 358 g/mol. The minimum absolute atomic E-state index is 0.151. The summed E-state index contributed by atoms with van der Waals surface area (Å²) in [5.74, 6) is 1.01. The Balaban J connectivity index is 1.43. The summed E-state index contributed by atoms with van der Waals surface area (Å²) in [6.45, 7) is 7.48. The highest BCUT2D eigenvalue weighted by atomic mass is 32.1. The van der Waals surface area contributed by atoms with Gasteiger partial charge in [-0.25, -0.2) is 0 Å². The predicted octanol–water partition coefficient (Wildman–Crippen LogP) is 4.25. The van der Waals surface area contributed by atoms with Crippen molar-refractivity contribution in [2.75, 3.05) is 38.2 Å². The van der Waals surface area contributed by atoms with Gasteiger partial charge in [0.2, 0.25) is 0 Å². The van der Waals surface area contributed by atoms with Gasteiger partial charge in [-0.05, 0) is 32.0 Å². The van der Waals surface area contributed by atoms with Gasteiger partial charge in [0.1, 0.15) is 5.75 Å². The van der Waals surface area contributed by atoms with Gasteiger partial charge in [-0.15, -0.1) is 11.3 Å². The molecule has 3 aromatic rings. The number of hydrogen-bond acceptors (Lipinski definition) is 4. The fraction of sp³-hybridized carbons (Fsp3) is 0.381. The van der Waals surface area contributed by atoms with E-state index in [2.05, 4.69) is 41.8 Å². The summed E-state index contributed by atoms with van der Waals surface area (Å²) in [7, 11) is 1.68. The lowest BCUT2D eigenvalue weighted by atomic mass is 10.2. The van der Waals surface area contributed by atoms with E-state index in [0.717, 1.165) is 47.9 Å². The summed E-state index contributed by atoms with van der Waals surface area (Å²) in [5, 5.41) is 1.16. The molecule has 6 heteroatoms. The van der Waals surface area contributed by atoms with Crippen molar-refractivity contribution in [3.05, 3.63) is 47.6 Å². The van der Waals surface area contributed by atoms with Crippen molar-refractivity contribution in [3.63, 3.8) is 0 Å². The molecule has 1 fully saturated rings. The summed E-state index contributed by atoms with van der Waals surface area (Å²) >= 11 is 1.60. The van der Waals surface area contributed by atoms with E-state index in [-0.39, 0.29) is 5.91 Å². The van der Waals surface area contributed by atoms with E-state index in [1.54, 1.807) is 18.4 Å². The average Bonchev–Trinajstić information content (AvgIpc) is 3.27. The van der Waals surface area contributed by atoms with Gasteiger partial charge in [0, 0.05) is 61.8 Å². The van der Waals surface area contributed by atoms with E-state index in [4.69, 9.17) is 4.74 Å². The minimum atomic E-state index is 0.151. The van der Waals surface area contributed by atoms with Crippen LogP contribution in [0, 0.1) is 0 Å². The Labute approximate surface area is 163 Å². The van der Waals surface area contributed by atoms with E-state index >= 15 is 0 Å². The normalized spacial score (nSPS) is 15.0. The van der Waals surface area contributed by atoms with E-state index in [0.29, 0.717) is 6.04 Å². The fourth-order valence-electron chi connectivity index (χ4n) is 3.49. The number of nitrogens with zero attached hydrogens (tertiary/aromatic N) is 3. The van der Waals surface area contributed by atoms with Gasteiger partial charge >= 0.3 is 0 Å². The topological polar surface area (TPSA) is 37.7 Å². The zero-order chi connectivity index (χ0) is 19.0. The van der Waals surface area contributed by atoms with Crippen LogP contribution in [0.1, 0.15) is 29.6 Å². The third-order valence-electron chi connectivity index (χ3n) is 5.14. The number of amides is 1. The first kappa shape index (κ1) is 17.9. The van der Waals surface area contributed by atoms with Crippen molar-refractivity contribution in [1.82, 2.24) is 9.47 Å². The zero-order valence-corrected chi connectivity index (χ0v) is 16.8. The molecule has 0 saturated carbocycles. The molecule has 1 amide bonds. The minimum Gasteiger partial charge on any atom is -0.497 e. The zero-order valence-electron chi connectivity index (χ0n) is 16.0. The van der Waals surface area contributed by atoms with Crippen LogP contribution in [-0.2, 0) is 0 Å². The molecule has 0 spiro atoms. The highest BCUT2D eigenvalue weighted by Crippen LogP contribution is 2.29. The lowest BCUT2D eigenvalue weighted by Crippen LogP contribution is -2.48. The Morgan fingerprint density at radius 1 is 1.11 bits per heavy atom. The number of hydrogen-bond donors (Lipinski definition) is 0. The number of fused-ring (bicyclic) bond motifs is 1. The average molecular weight is 384 g/mol. The highest BCUT2D eigenvalue weighted by Gasteiger charge is 2.24. The molecule has 0 bridgehead atoms. The van der Waals surface area contributed by atoms with Crippen molar-refractivity contribution in [2.45, 2.75) is 19.9 Å². The molecule has 0 radical (unpaired) electrons. The molecule has 1 aliphatic heterocycles. The first-order chi connectivity index (χ1) is 13.0. The summed E-state index contributed by atoms with van der Waals surface area (Å²) in [6.07, 6.45) is 4.27. The first-order valence-electron chi connectivity index (χ1n) is 9.34. The quantitative estimate of drug-likeness (QED) is 0.676. The molecule has 2 aromatic heterocycles. The summed E-state index contributed by atoms with van der Waals surface area (Å²) in [4.78, 5) is 18.0. The number of carbonyl (C=O) groups excluding carboxylic acids is 1. The van der Waals surface area contributed by atoms with E-state index in [1.165, 1.54) is 4.70 Å². The molecular formula is C21H25N3O2S. The second-order valence-corrected chi connectivity index (χ2v) is 8.29. The van der Waals surface area contributed by atoms with Crippen LogP contribution in [0.5, 0.6) is 5.75 Å². The molecule has 0 N–H and O–H groups in total. The van der Waals surface area contributed by atoms with Crippen LogP contribution in [0.4, 0.5) is 5.69 Å². The second-order valence-electron chi connectivity index (χ2n) is 7.21. The van der Waals surface area contributed by atoms with Gasteiger partial charge < -0.3 is 19.1 Å². The Morgan fingerprint density at radius 2 is 1.89 bits per heavy atom. The Bertz CT molecular complexity index is 920. The SMILES string of the molecule is COc1cccc(N2CCN(C(=O)c3cc4cn(C(C)C)cc4s3)CC2)c1. The smallest absolute Gasteiger partial charge is 0.264 e. The number of anilines is 1. The van der Waals surface area contributed by atoms with Crippen molar-refractivity contribution in [3.8, 4) is 5.75 Å². The van der Waals surface area contributed by atoms with Crippen LogP contribution in [0.15, 0.2) is 42.7 Å². The molecule has 1 saturated heterocycles. The van der Waals surface area contributed by atoms with Crippen molar-refractivity contribution in [2.24, 2.45) is 0 Å². The molecule has 0 atom stereocenters. The van der Waals surface area contributed by atoms with E-state index < -0.39 is 0 Å². The Kier molecular flexibility index (Phi) is 4.83. The molecule has 5 nitrogen and oxygen atoms in total. The maximum Gasteiger partial charge on any atom is 0.264 e. The molecule has 0 aliphatic carbocycles. The number of benzene rings is 1. The van der Waals surface area contributed by atoms with Crippen molar-refractivity contribution in [1.29, 1.82) is 0 Å². The van der Waals surface area contributed by atoms with E-state index in [1.807, 2.05) is 29.2 Å². The number of carbonyl (C=O) groups is 1. The molecule has 1 aromatic carbocycles. The molecule has 27 heavy (non-hydrogen) atoms. The van der Waals surface area contributed by atoms with Crippen LogP contribution >= 0.6 is 11.3 Å². The van der Waals surface area contributed by atoms with Crippen molar-refractivity contribution >= 4 is 33.0 Å². The van der Waals surface area contributed by atoms with Gasteiger partial charge in [0.05, 0.1) is 16.7 Å². The number of thiophene rings is 1. The number of piperazine rings is 1. The summed E-state index contributed by atoms with van der Waals surface area (Å²) in [5.41, 5.74) is 1.15. The maximum absolute atomic E-state index is 12.9. The van der Waals surface area contributed by atoms with Crippen LogP contribution in [0.2, 0.25) is 0 Å². The standard InChI is InChI=1S/C21H25N3O2S/c1-15(2)24-13-16-11-19(27-20(16)14-24)21(25)23-9-7-22(8-10-23)17-5-4-6-18(12-17)26-3/h4-6,11-15H,7-10H2,1-3H3. The highest BCUT2D eigenvalue weighted by molar-refractivity contribution is 7.20. The maximum atomic E-state index is 12.9. The van der Waals surface area contributed by atoms with Gasteiger partial charge in [0.25, 0.3) is 5.91 Å². The number of methoxy groups -OCH3 is 1. The number of aromatic nitrogens is 1. The van der Waals surface area contributed by atoms with Crippen LogP contribution in [-0.4, -0.2) is 48.7 Å². The number of ether oxygens (including phenoxy) is 1. The van der Waals surface area contributed by atoms with Gasteiger partial charge in [-0.3, -0.25) is 4.79 Å². The lowest BCUT2D eigenvalue weighted by Gasteiger charge is -2.36. The van der Waals surface area contributed by atoms with Gasteiger partial charge in [0.15, 0.2) is 0 Å². The summed E-state index contributed by atoms with van der Waals surface area (Å²) in [6, 6.07) is 10.6. The molecule has 4 rings (SSSR count). The lowest BCUT2D eigenvalue weighted by molar-refractivity contribution is 0.0751. The third-order valence-corrected chi connectivity index (χ3v) is 6.21. The Hall–Kier alpha value is -2.47. The fourth-order valence-corrected chi connectivity index (χ4v) is 4.53. The van der Waals surface area contributed by atoms with Gasteiger partial charge in [-0.2, -0.15) is 0 Å². The van der Waals surface area contributed by atoms with Crippen molar-refractivity contribution < 1.29 is 9.53 Å². The first-order valence-corrected chi connectivity index (χ1v) is 10.2. The molecule has 1 aliphatic rings. The van der Waals surface area contributed by atoms with Crippen LogP contribution in [0.25, 0.3) is 10.1 Å². The number of rotatable bonds is 4. The predicted molar refractivity (Wildman–Crippen MR) is 111 cm³/mol. The third kappa shape index (κ3) is 3.54. The second kappa shape index (κ2) is 7.27. The van der Waals surface area contributed by atoms with Gasteiger partial charge in [-0.1, -0.05) is 6.07 Å². The Morgan fingerprint density at radius 3 is 2.56 bits per heavy atom. The van der Waals surface area contributed by atoms with Crippen LogP contribution in [0.3, 0.4) is 0 Å². The molecule has 142 valence electrons. The molecule has 3 heterocycles. The molecule has 0 unspecified atom stereocenters. The van der Waals surface area contributed by atoms with E-state index in [9.17, 15) is 4.79 Å². The van der Waals surface area contributed by atoms with Crippen LogP contribution < -0.4 is 9.64 Å². The largest absolute Gasteiger partial charge is 0.497 e. The summed E-state index contributed by atoms with van der Waals surface area (Å²) < 4.78 is 8.69.